The van der Waals surface area contributed by atoms with Crippen molar-refractivity contribution in [2.45, 2.75) is 26.2 Å². The lowest BCUT2D eigenvalue weighted by molar-refractivity contribution is -0.121. The molecule has 0 saturated carbocycles. The lowest BCUT2D eigenvalue weighted by atomic mass is 10.0. The molecule has 0 bridgehead atoms. The van der Waals surface area contributed by atoms with Gasteiger partial charge in [0.05, 0.1) is 0 Å². The molecule has 1 N–H and O–H groups in total. The Morgan fingerprint density at radius 2 is 2.50 bits per heavy atom. The molecular formula is C11H16BrNO. The van der Waals surface area contributed by atoms with Gasteiger partial charge in [-0.3, -0.25) is 4.79 Å². The van der Waals surface area contributed by atoms with E-state index >= 15 is 0 Å². The fourth-order valence-electron chi connectivity index (χ4n) is 1.35. The van der Waals surface area contributed by atoms with Gasteiger partial charge in [-0.05, 0) is 18.8 Å². The Hall–Kier alpha value is -0.570. The molecule has 78 valence electrons. The van der Waals surface area contributed by atoms with Crippen molar-refractivity contribution in [1.82, 2.24) is 5.32 Å². The fourth-order valence-corrected chi connectivity index (χ4v) is 1.69. The second-order valence-corrected chi connectivity index (χ2v) is 4.41. The summed E-state index contributed by atoms with van der Waals surface area (Å²) in [5.74, 6) is 0.617. The van der Waals surface area contributed by atoms with Crippen LogP contribution in [0.5, 0.6) is 0 Å². The Kier molecular flexibility index (Phi) is 4.94. The van der Waals surface area contributed by atoms with Gasteiger partial charge in [-0.25, -0.2) is 0 Å². The second-order valence-electron chi connectivity index (χ2n) is 3.50. The highest BCUT2D eigenvalue weighted by Gasteiger charge is 2.08. The van der Waals surface area contributed by atoms with E-state index in [1.165, 1.54) is 0 Å². The van der Waals surface area contributed by atoms with Gasteiger partial charge in [-0.15, -0.1) is 0 Å². The van der Waals surface area contributed by atoms with Crippen molar-refractivity contribution >= 4 is 21.8 Å². The molecule has 0 heterocycles. The zero-order chi connectivity index (χ0) is 10.4. The molecule has 0 aromatic heterocycles. The molecule has 1 amide bonds. The van der Waals surface area contributed by atoms with Crippen LogP contribution in [0, 0.1) is 5.92 Å². The van der Waals surface area contributed by atoms with Crippen molar-refractivity contribution in [3.8, 4) is 0 Å². The highest BCUT2D eigenvalue weighted by Crippen LogP contribution is 2.19. The van der Waals surface area contributed by atoms with Gasteiger partial charge in [0.2, 0.25) is 5.91 Å². The first-order valence-electron chi connectivity index (χ1n) is 5.03. The normalized spacial score (nSPS) is 20.4. The lowest BCUT2D eigenvalue weighted by Crippen LogP contribution is -2.28. The summed E-state index contributed by atoms with van der Waals surface area (Å²) in [5.41, 5.74) is 0. The lowest BCUT2D eigenvalue weighted by Gasteiger charge is -2.14. The average molecular weight is 258 g/mol. The fraction of sp³-hybridized carbons (Fsp3) is 0.545. The quantitative estimate of drug-likeness (QED) is 0.825. The number of nitrogens with one attached hydrogen (secondary N) is 1. The molecule has 0 aliphatic heterocycles. The maximum atomic E-state index is 11.2. The first-order valence-corrected chi connectivity index (χ1v) is 5.82. The average Bonchev–Trinajstić information content (AvgIpc) is 2.17. The van der Waals surface area contributed by atoms with E-state index in [1.807, 2.05) is 13.0 Å². The third kappa shape index (κ3) is 4.09. The smallest absolute Gasteiger partial charge is 0.220 e. The maximum Gasteiger partial charge on any atom is 0.220 e. The monoisotopic (exact) mass is 257 g/mol. The minimum absolute atomic E-state index is 0.162. The first kappa shape index (κ1) is 11.5. The summed E-state index contributed by atoms with van der Waals surface area (Å²) >= 11 is 3.41. The van der Waals surface area contributed by atoms with E-state index in [0.29, 0.717) is 12.3 Å². The van der Waals surface area contributed by atoms with Crippen LogP contribution in [-0.4, -0.2) is 12.5 Å². The minimum atomic E-state index is 0.162. The van der Waals surface area contributed by atoms with Crippen LogP contribution < -0.4 is 5.32 Å². The van der Waals surface area contributed by atoms with Gasteiger partial charge >= 0.3 is 0 Å². The molecule has 1 aliphatic carbocycles. The largest absolute Gasteiger partial charge is 0.356 e. The third-order valence-corrected chi connectivity index (χ3v) is 2.77. The van der Waals surface area contributed by atoms with Gasteiger partial charge < -0.3 is 5.32 Å². The van der Waals surface area contributed by atoms with Crippen LogP contribution in [0.4, 0.5) is 0 Å². The van der Waals surface area contributed by atoms with Crippen molar-refractivity contribution in [3.05, 3.63) is 22.7 Å². The number of hydrogen-bond acceptors (Lipinski definition) is 1. The van der Waals surface area contributed by atoms with Crippen molar-refractivity contribution in [2.75, 3.05) is 6.54 Å². The van der Waals surface area contributed by atoms with Crippen molar-refractivity contribution < 1.29 is 4.79 Å². The number of carbonyl (C=O) groups excluding carboxylic acids is 1. The highest BCUT2D eigenvalue weighted by molar-refractivity contribution is 9.11. The van der Waals surface area contributed by atoms with Crippen molar-refractivity contribution in [3.63, 3.8) is 0 Å². The van der Waals surface area contributed by atoms with E-state index in [2.05, 4.69) is 33.4 Å². The van der Waals surface area contributed by atoms with Gasteiger partial charge in [0.15, 0.2) is 0 Å². The molecule has 0 spiro atoms. The Morgan fingerprint density at radius 3 is 3.07 bits per heavy atom. The van der Waals surface area contributed by atoms with Crippen LogP contribution in [-0.2, 0) is 4.79 Å². The topological polar surface area (TPSA) is 29.1 Å². The summed E-state index contributed by atoms with van der Waals surface area (Å²) < 4.78 is 1.13. The van der Waals surface area contributed by atoms with Crippen LogP contribution in [0.15, 0.2) is 22.7 Å². The Balaban J connectivity index is 2.21. The zero-order valence-corrected chi connectivity index (χ0v) is 10.0. The van der Waals surface area contributed by atoms with E-state index in [9.17, 15) is 4.79 Å². The third-order valence-electron chi connectivity index (χ3n) is 2.18. The minimum Gasteiger partial charge on any atom is -0.356 e. The number of amides is 1. The summed E-state index contributed by atoms with van der Waals surface area (Å²) in [6, 6.07) is 0. The Bertz CT molecular complexity index is 258. The van der Waals surface area contributed by atoms with Crippen LogP contribution in [0.25, 0.3) is 0 Å². The van der Waals surface area contributed by atoms with Crippen molar-refractivity contribution in [1.29, 1.82) is 0 Å². The summed E-state index contributed by atoms with van der Waals surface area (Å²) in [4.78, 5) is 11.2. The van der Waals surface area contributed by atoms with Crippen LogP contribution in [0.2, 0.25) is 0 Å². The molecule has 3 heteroatoms. The molecule has 0 fully saturated rings. The van der Waals surface area contributed by atoms with E-state index in [1.54, 1.807) is 0 Å². The van der Waals surface area contributed by atoms with E-state index in [4.69, 9.17) is 0 Å². The number of allylic oxidation sites excluding steroid dienone is 3. The molecule has 14 heavy (non-hydrogen) atoms. The first-order chi connectivity index (χ1) is 6.72. The number of hydrogen-bond donors (Lipinski definition) is 1. The standard InChI is InChI=1S/C11H16BrNO/c1-2-3-11(14)13-8-9-4-6-10(12)7-5-9/h4,6-7,9H,2-3,5,8H2,1H3,(H,13,14). The van der Waals surface area contributed by atoms with E-state index in [0.717, 1.165) is 23.9 Å². The molecule has 1 unspecified atom stereocenters. The summed E-state index contributed by atoms with van der Waals surface area (Å²) in [6.07, 6.45) is 8.87. The molecular weight excluding hydrogens is 242 g/mol. The van der Waals surface area contributed by atoms with E-state index in [-0.39, 0.29) is 5.91 Å². The molecule has 1 atom stereocenters. The molecule has 0 saturated heterocycles. The summed E-state index contributed by atoms with van der Waals surface area (Å²) in [7, 11) is 0. The molecule has 0 aromatic carbocycles. The van der Waals surface area contributed by atoms with Crippen molar-refractivity contribution in [2.24, 2.45) is 5.92 Å². The Morgan fingerprint density at radius 1 is 1.71 bits per heavy atom. The molecule has 0 aromatic rings. The second kappa shape index (κ2) is 6.02. The summed E-state index contributed by atoms with van der Waals surface area (Å²) in [5, 5.41) is 2.93. The molecule has 1 aliphatic rings. The van der Waals surface area contributed by atoms with Gasteiger partial charge in [0.25, 0.3) is 0 Å². The number of carbonyl (C=O) groups is 1. The van der Waals surface area contributed by atoms with Gasteiger partial charge in [0.1, 0.15) is 0 Å². The van der Waals surface area contributed by atoms with Gasteiger partial charge in [-0.2, -0.15) is 0 Å². The Labute approximate surface area is 93.6 Å². The maximum absolute atomic E-state index is 11.2. The highest BCUT2D eigenvalue weighted by atomic mass is 79.9. The van der Waals surface area contributed by atoms with Gasteiger partial charge in [0, 0.05) is 17.4 Å². The van der Waals surface area contributed by atoms with Crippen LogP contribution in [0.1, 0.15) is 26.2 Å². The van der Waals surface area contributed by atoms with Crippen LogP contribution >= 0.6 is 15.9 Å². The van der Waals surface area contributed by atoms with Crippen LogP contribution in [0.3, 0.4) is 0 Å². The predicted molar refractivity (Wildman–Crippen MR) is 62.2 cm³/mol. The zero-order valence-electron chi connectivity index (χ0n) is 8.42. The number of halogens is 1. The molecule has 2 nitrogen and oxygen atoms in total. The van der Waals surface area contributed by atoms with E-state index < -0.39 is 0 Å². The molecule has 0 radical (unpaired) electrons. The number of rotatable bonds is 4. The van der Waals surface area contributed by atoms with Gasteiger partial charge in [-0.1, -0.05) is 41.1 Å². The SMILES string of the molecule is CCCC(=O)NCC1C=CC(Br)=CC1. The molecule has 1 rings (SSSR count). The predicted octanol–water partition coefficient (Wildman–Crippen LogP) is 2.76. The summed E-state index contributed by atoms with van der Waals surface area (Å²) in [6.45, 7) is 2.77.